The van der Waals surface area contributed by atoms with Gasteiger partial charge in [0, 0.05) is 36.3 Å². The van der Waals surface area contributed by atoms with Gasteiger partial charge in [0.15, 0.2) is 34.5 Å². The van der Waals surface area contributed by atoms with E-state index in [1.54, 1.807) is 0 Å². The van der Waals surface area contributed by atoms with Gasteiger partial charge in [-0.2, -0.15) is 0 Å². The third kappa shape index (κ3) is 10.8. The second kappa shape index (κ2) is 21.1. The van der Waals surface area contributed by atoms with Crippen LogP contribution in [-0.4, -0.2) is 117 Å². The Bertz CT molecular complexity index is 1950. The van der Waals surface area contributed by atoms with Crippen molar-refractivity contribution < 1.29 is 58.1 Å². The van der Waals surface area contributed by atoms with E-state index in [9.17, 15) is 29.7 Å². The molecule has 352 valence electrons. The zero-order valence-electron chi connectivity index (χ0n) is 36.6. The Labute approximate surface area is 385 Å². The van der Waals surface area contributed by atoms with Crippen LogP contribution < -0.4 is 44.4 Å². The van der Waals surface area contributed by atoms with Crippen LogP contribution in [0, 0.1) is 35.5 Å². The largest absolute Gasteiger partial charge is 0.486 e. The van der Waals surface area contributed by atoms with Gasteiger partial charge < -0.3 is 59.7 Å². The molecule has 6 heterocycles. The first-order chi connectivity index (χ1) is 31.2. The second-order valence-electron chi connectivity index (χ2n) is 18.2. The molecule has 6 aliphatic rings. The molecule has 0 saturated carbocycles. The van der Waals surface area contributed by atoms with E-state index in [-0.39, 0.29) is 30.2 Å². The molecule has 3 aromatic rings. The van der Waals surface area contributed by atoms with E-state index in [0.29, 0.717) is 133 Å². The number of hydrogen-bond acceptors (Lipinski definition) is 13. The van der Waals surface area contributed by atoms with Crippen LogP contribution in [0.4, 0.5) is 0 Å². The molecule has 65 heavy (non-hydrogen) atoms. The summed E-state index contributed by atoms with van der Waals surface area (Å²) < 4.78 is 37.5. The van der Waals surface area contributed by atoms with Crippen molar-refractivity contribution in [1.29, 1.82) is 0 Å². The molecule has 6 atom stereocenters. The fourth-order valence-corrected chi connectivity index (χ4v) is 10.7. The Morgan fingerprint density at radius 3 is 1.05 bits per heavy atom. The number of benzene rings is 3. The van der Waals surface area contributed by atoms with Crippen LogP contribution in [0.5, 0.6) is 34.5 Å². The highest BCUT2D eigenvalue weighted by atomic mass is 35.5. The number of rotatable bonds is 18. The summed E-state index contributed by atoms with van der Waals surface area (Å²) in [5.74, 6) is -0.689. The third-order valence-corrected chi connectivity index (χ3v) is 13.8. The van der Waals surface area contributed by atoms with Crippen LogP contribution in [-0.2, 0) is 53.3 Å². The first-order valence-electron chi connectivity index (χ1n) is 22.9. The highest BCUT2D eigenvalue weighted by Gasteiger charge is 2.35. The van der Waals surface area contributed by atoms with E-state index >= 15 is 0 Å². The number of carbonyl (C=O) groups is 3. The Morgan fingerprint density at radius 2 is 0.785 bits per heavy atom. The highest BCUT2D eigenvalue weighted by molar-refractivity contribution is 5.85. The number of halogens is 1. The van der Waals surface area contributed by atoms with E-state index in [1.165, 1.54) is 0 Å². The summed E-state index contributed by atoms with van der Waals surface area (Å²) in [6.45, 7) is 7.49. The molecule has 0 amide bonds. The van der Waals surface area contributed by atoms with Crippen LogP contribution in [0.2, 0.25) is 0 Å². The van der Waals surface area contributed by atoms with Crippen molar-refractivity contribution >= 4 is 30.3 Å². The van der Waals surface area contributed by atoms with Gasteiger partial charge in [-0.15, -0.1) is 12.4 Å². The Balaban J connectivity index is 0.00000576. The zero-order chi connectivity index (χ0) is 44.2. The van der Waals surface area contributed by atoms with Crippen molar-refractivity contribution in [3.63, 3.8) is 0 Å². The zero-order valence-corrected chi connectivity index (χ0v) is 37.5. The van der Waals surface area contributed by atoms with Crippen molar-refractivity contribution in [3.05, 3.63) is 69.8 Å². The van der Waals surface area contributed by atoms with E-state index in [4.69, 9.17) is 28.4 Å². The van der Waals surface area contributed by atoms with Crippen LogP contribution in [0.3, 0.4) is 0 Å². The summed E-state index contributed by atoms with van der Waals surface area (Å²) in [6.07, 6.45) is 3.37. The van der Waals surface area contributed by atoms with E-state index in [1.807, 2.05) is 36.4 Å². The summed E-state index contributed by atoms with van der Waals surface area (Å²) in [4.78, 5) is 40.3. The maximum atomic E-state index is 12.7. The van der Waals surface area contributed by atoms with Crippen molar-refractivity contribution in [1.82, 2.24) is 20.9 Å². The maximum absolute atomic E-state index is 12.7. The molecule has 6 aliphatic heterocycles. The minimum absolute atomic E-state index is 0. The van der Waals surface area contributed by atoms with Crippen LogP contribution in [0.1, 0.15) is 52.6 Å². The molecule has 6 N–H and O–H groups in total. The highest BCUT2D eigenvalue weighted by Crippen LogP contribution is 2.43. The van der Waals surface area contributed by atoms with E-state index in [2.05, 4.69) is 20.9 Å². The summed E-state index contributed by atoms with van der Waals surface area (Å²) in [5.41, 5.74) is 4.99. The van der Waals surface area contributed by atoms with Gasteiger partial charge in [-0.05, 0) is 130 Å². The normalized spacial score (nSPS) is 22.2. The average molecular weight is 921 g/mol. The molecular weight excluding hydrogens is 860 g/mol. The molecule has 0 bridgehead atoms. The van der Waals surface area contributed by atoms with Gasteiger partial charge in [-0.3, -0.25) is 19.3 Å². The lowest BCUT2D eigenvalue weighted by Crippen LogP contribution is -2.29. The predicted molar refractivity (Wildman–Crippen MR) is 240 cm³/mol. The van der Waals surface area contributed by atoms with Gasteiger partial charge in [0.1, 0.15) is 39.6 Å². The number of nitrogens with one attached hydrogen (secondary N) is 3. The number of fused-ring (bicyclic) bond motifs is 3. The first-order valence-corrected chi connectivity index (χ1v) is 22.9. The lowest BCUT2D eigenvalue weighted by Gasteiger charge is -2.31. The van der Waals surface area contributed by atoms with Crippen LogP contribution in [0.15, 0.2) is 36.4 Å². The number of aliphatic carboxylic acids is 3. The van der Waals surface area contributed by atoms with Gasteiger partial charge in [0.05, 0.1) is 17.8 Å². The average Bonchev–Trinajstić information content (AvgIpc) is 4.12. The molecule has 0 aromatic heterocycles. The summed E-state index contributed by atoms with van der Waals surface area (Å²) in [5, 5.41) is 41.2. The smallest absolute Gasteiger partial charge is 0.307 e. The van der Waals surface area contributed by atoms with Gasteiger partial charge in [-0.25, -0.2) is 0 Å². The Hall–Kier alpha value is -5.00. The molecule has 3 aromatic carbocycles. The Morgan fingerprint density at radius 1 is 0.492 bits per heavy atom. The second-order valence-corrected chi connectivity index (χ2v) is 18.2. The third-order valence-electron chi connectivity index (χ3n) is 13.8. The van der Waals surface area contributed by atoms with Gasteiger partial charge in [-0.1, -0.05) is 18.2 Å². The molecule has 0 spiro atoms. The van der Waals surface area contributed by atoms with Crippen molar-refractivity contribution in [3.8, 4) is 34.5 Å². The number of nitrogens with zero attached hydrogens (tertiary/aromatic N) is 1. The molecule has 3 fully saturated rings. The monoisotopic (exact) mass is 920 g/mol. The molecule has 17 heteroatoms. The lowest BCUT2D eigenvalue weighted by molar-refractivity contribution is -0.144. The maximum Gasteiger partial charge on any atom is 0.307 e. The standard InChI is InChI=1S/C48H60N4O12.ClH/c53-46(54)37(31-1-4-49-22-31)16-28-13-34(43-40(19-28)59-7-10-62-43)25-52(26-35-14-29(20-41-44(35)63-11-8-60-41)17-38(47(55)56)32-2-5-50-23-32)27-36-15-30(21-42-45(36)64-12-9-61-42)18-39(48(57)58)33-3-6-51-24-33;/h13-15,19-21,31-33,37-39,49-51H,1-12,16-18,22-27H2,(H,53,54)(H,55,56)(H,57,58);1H/t31-,32-,33-,37-,38-,39-;/m0./s1. The van der Waals surface area contributed by atoms with Gasteiger partial charge >= 0.3 is 17.9 Å². The molecular formula is C48H61ClN4O12. The predicted octanol–water partition coefficient (Wildman–Crippen LogP) is 4.18. The first kappa shape index (κ1) is 46.5. The number of ether oxygens (including phenoxy) is 6. The topological polar surface area (TPSA) is 207 Å². The quantitative estimate of drug-likeness (QED) is 0.106. The molecule has 0 unspecified atom stereocenters. The summed E-state index contributed by atoms with van der Waals surface area (Å²) >= 11 is 0. The van der Waals surface area contributed by atoms with Crippen LogP contribution >= 0.6 is 12.4 Å². The van der Waals surface area contributed by atoms with Crippen molar-refractivity contribution in [2.24, 2.45) is 35.5 Å². The summed E-state index contributed by atoms with van der Waals surface area (Å²) in [7, 11) is 0. The SMILES string of the molecule is Cl.O=C(O)[C@@H](Cc1cc(CN(Cc2cc(C[C@H](C(=O)O)[C@H]3CCNC3)cc3c2OCCO3)Cc2cc(C[C@H](C(=O)O)[C@H]3CCNC3)cc3c2OCCO3)c2c(c1)OCCO2)[C@H]1CCNC1. The van der Waals surface area contributed by atoms with Crippen LogP contribution in [0.25, 0.3) is 0 Å². The molecule has 16 nitrogen and oxygen atoms in total. The summed E-state index contributed by atoms with van der Waals surface area (Å²) in [6, 6.07) is 11.8. The van der Waals surface area contributed by atoms with Crippen molar-refractivity contribution in [2.45, 2.75) is 58.2 Å². The number of carboxylic acids is 3. The fraction of sp³-hybridized carbons (Fsp3) is 0.562. The number of hydrogen-bond donors (Lipinski definition) is 6. The van der Waals surface area contributed by atoms with Gasteiger partial charge in [0.25, 0.3) is 0 Å². The number of carboxylic acid groups (broad SMARTS) is 3. The van der Waals surface area contributed by atoms with E-state index < -0.39 is 35.7 Å². The minimum Gasteiger partial charge on any atom is -0.486 e. The fourth-order valence-electron chi connectivity index (χ4n) is 10.7. The van der Waals surface area contributed by atoms with Gasteiger partial charge in [0.2, 0.25) is 0 Å². The molecule has 0 aliphatic carbocycles. The Kier molecular flexibility index (Phi) is 15.1. The molecule has 0 radical (unpaired) electrons. The lowest BCUT2D eigenvalue weighted by atomic mass is 9.85. The van der Waals surface area contributed by atoms with E-state index in [0.717, 1.165) is 72.3 Å². The molecule has 3 saturated heterocycles. The van der Waals surface area contributed by atoms with Crippen molar-refractivity contribution in [2.75, 3.05) is 78.9 Å². The molecule has 9 rings (SSSR count). The minimum atomic E-state index is -0.825.